The molecule has 0 N–H and O–H groups in total. The van der Waals surface area contributed by atoms with E-state index in [2.05, 4.69) is 161 Å². The zero-order valence-corrected chi connectivity index (χ0v) is 27.0. The van der Waals surface area contributed by atoms with E-state index in [9.17, 15) is 0 Å². The summed E-state index contributed by atoms with van der Waals surface area (Å²) >= 11 is 1.86. The van der Waals surface area contributed by atoms with E-state index in [0.717, 1.165) is 44.5 Å². The number of nitrogens with zero attached hydrogens (tertiary/aromatic N) is 4. The summed E-state index contributed by atoms with van der Waals surface area (Å²) in [5, 5.41) is 8.47. The van der Waals surface area contributed by atoms with Gasteiger partial charge in [-0.2, -0.15) is 0 Å². The minimum atomic E-state index is 0.706. The first-order chi connectivity index (χ1) is 24.3. The van der Waals surface area contributed by atoms with Crippen LogP contribution in [0.25, 0.3) is 97.6 Å². The lowest BCUT2D eigenvalue weighted by molar-refractivity contribution is 1.05. The second kappa shape index (κ2) is 10.1. The van der Waals surface area contributed by atoms with Crippen LogP contribution in [0.3, 0.4) is 0 Å². The summed E-state index contributed by atoms with van der Waals surface area (Å²) < 4.78 is 7.33. The smallest absolute Gasteiger partial charge is 0.166 e. The predicted octanol–water partition coefficient (Wildman–Crippen LogP) is 11.9. The van der Waals surface area contributed by atoms with Crippen LogP contribution in [-0.2, 0) is 0 Å². The summed E-state index contributed by atoms with van der Waals surface area (Å²) in [6.07, 6.45) is 0. The van der Waals surface area contributed by atoms with Crippen molar-refractivity contribution >= 4 is 86.0 Å². The Labute approximate surface area is 284 Å². The van der Waals surface area contributed by atoms with Crippen LogP contribution < -0.4 is 0 Å². The Kier molecular flexibility index (Phi) is 5.51. The Morgan fingerprint density at radius 2 is 1.14 bits per heavy atom. The van der Waals surface area contributed by atoms with Gasteiger partial charge in [0.2, 0.25) is 0 Å². The average molecular weight is 643 g/mol. The lowest BCUT2D eigenvalue weighted by Crippen LogP contribution is -2.05. The predicted molar refractivity (Wildman–Crippen MR) is 207 cm³/mol. The van der Waals surface area contributed by atoms with Crippen LogP contribution in [0, 0.1) is 0 Å². The van der Waals surface area contributed by atoms with E-state index < -0.39 is 0 Å². The molecule has 0 amide bonds. The van der Waals surface area contributed by atoms with Gasteiger partial charge in [0.05, 0.1) is 21.3 Å². The van der Waals surface area contributed by atoms with E-state index >= 15 is 0 Å². The van der Waals surface area contributed by atoms with E-state index in [1.165, 1.54) is 47.2 Å². The zero-order chi connectivity index (χ0) is 32.1. The molecule has 0 aliphatic heterocycles. The van der Waals surface area contributed by atoms with Crippen molar-refractivity contribution in [1.82, 2.24) is 19.1 Å². The van der Waals surface area contributed by atoms with Crippen LogP contribution in [-0.4, -0.2) is 19.1 Å². The number of aromatic nitrogens is 4. The van der Waals surface area contributed by atoms with Crippen molar-refractivity contribution in [3.8, 4) is 22.9 Å². The molecule has 0 fully saturated rings. The molecular formula is C44H26N4S. The highest BCUT2D eigenvalue weighted by Crippen LogP contribution is 2.45. The van der Waals surface area contributed by atoms with E-state index in [-0.39, 0.29) is 0 Å². The monoisotopic (exact) mass is 642 g/mol. The minimum absolute atomic E-state index is 0.706. The molecule has 0 radical (unpaired) electrons. The third-order valence-corrected chi connectivity index (χ3v) is 11.1. The van der Waals surface area contributed by atoms with E-state index in [1.807, 2.05) is 17.4 Å². The number of thiophene rings is 1. The number of hydrogen-bond donors (Lipinski definition) is 0. The summed E-state index contributed by atoms with van der Waals surface area (Å²) in [6, 6.07) is 56.2. The fourth-order valence-electron chi connectivity index (χ4n) is 7.81. The van der Waals surface area contributed by atoms with Crippen LogP contribution in [0.15, 0.2) is 158 Å². The van der Waals surface area contributed by atoms with Crippen LogP contribution in [0.5, 0.6) is 0 Å². The number of hydrogen-bond acceptors (Lipinski definition) is 3. The van der Waals surface area contributed by atoms with Gasteiger partial charge in [0.1, 0.15) is 11.0 Å². The van der Waals surface area contributed by atoms with Crippen LogP contribution in [0.1, 0.15) is 0 Å². The highest BCUT2D eigenvalue weighted by atomic mass is 32.1. The SMILES string of the molecule is c1ccc(-c2nc(-n3c4ccccc4c4ccc5c6ccccc6sc5c43)c3c(n2)c2c4ccccc4ccc2n3-c2ccccc2)cc1. The van der Waals surface area contributed by atoms with Crippen molar-refractivity contribution < 1.29 is 0 Å². The third kappa shape index (κ3) is 3.73. The molecule has 0 unspecified atom stereocenters. The number of rotatable bonds is 3. The molecule has 4 aromatic heterocycles. The summed E-state index contributed by atoms with van der Waals surface area (Å²) in [4.78, 5) is 11.0. The Hall–Kier alpha value is -6.30. The molecule has 4 heterocycles. The summed E-state index contributed by atoms with van der Waals surface area (Å²) in [5.41, 5.74) is 7.38. The van der Waals surface area contributed by atoms with Crippen LogP contribution >= 0.6 is 11.3 Å². The molecule has 5 heteroatoms. The van der Waals surface area contributed by atoms with Gasteiger partial charge in [-0.05, 0) is 41.1 Å². The van der Waals surface area contributed by atoms with Crippen LogP contribution in [0.2, 0.25) is 0 Å². The second-order valence-corrected chi connectivity index (χ2v) is 13.6. The van der Waals surface area contributed by atoms with Crippen LogP contribution in [0.4, 0.5) is 0 Å². The number of fused-ring (bicyclic) bond motifs is 12. The topological polar surface area (TPSA) is 35.6 Å². The van der Waals surface area contributed by atoms with Gasteiger partial charge in [-0.15, -0.1) is 11.3 Å². The van der Waals surface area contributed by atoms with Crippen molar-refractivity contribution in [3.63, 3.8) is 0 Å². The lowest BCUT2D eigenvalue weighted by Gasteiger charge is -2.14. The Balaban J connectivity index is 1.43. The molecule has 0 spiro atoms. The maximum atomic E-state index is 5.57. The molecule has 0 aliphatic carbocycles. The molecule has 0 saturated carbocycles. The van der Waals surface area contributed by atoms with Crippen molar-refractivity contribution in [2.24, 2.45) is 0 Å². The molecular weight excluding hydrogens is 617 g/mol. The molecule has 11 rings (SSSR count). The number of para-hydroxylation sites is 2. The average Bonchev–Trinajstić information content (AvgIpc) is 3.83. The third-order valence-electron chi connectivity index (χ3n) is 9.91. The highest BCUT2D eigenvalue weighted by molar-refractivity contribution is 7.26. The van der Waals surface area contributed by atoms with E-state index in [1.54, 1.807) is 0 Å². The highest BCUT2D eigenvalue weighted by Gasteiger charge is 2.26. The first kappa shape index (κ1) is 26.7. The quantitative estimate of drug-likeness (QED) is 0.192. The maximum Gasteiger partial charge on any atom is 0.166 e. The van der Waals surface area contributed by atoms with Gasteiger partial charge < -0.3 is 4.57 Å². The van der Waals surface area contributed by atoms with Gasteiger partial charge in [0.25, 0.3) is 0 Å². The largest absolute Gasteiger partial charge is 0.305 e. The second-order valence-electron chi connectivity index (χ2n) is 12.6. The molecule has 7 aromatic carbocycles. The van der Waals surface area contributed by atoms with Gasteiger partial charge in [-0.25, -0.2) is 9.97 Å². The van der Waals surface area contributed by atoms with E-state index in [4.69, 9.17) is 9.97 Å². The molecule has 0 saturated heterocycles. The summed E-state index contributed by atoms with van der Waals surface area (Å²) in [5.74, 6) is 1.57. The summed E-state index contributed by atoms with van der Waals surface area (Å²) in [6.45, 7) is 0. The lowest BCUT2D eigenvalue weighted by atomic mass is 10.1. The van der Waals surface area contributed by atoms with Gasteiger partial charge >= 0.3 is 0 Å². The maximum absolute atomic E-state index is 5.57. The first-order valence-electron chi connectivity index (χ1n) is 16.5. The minimum Gasteiger partial charge on any atom is -0.305 e. The number of benzene rings is 7. The molecule has 228 valence electrons. The van der Waals surface area contributed by atoms with Gasteiger partial charge in [0, 0.05) is 42.9 Å². The molecule has 0 atom stereocenters. The van der Waals surface area contributed by atoms with Crippen molar-refractivity contribution in [3.05, 3.63) is 158 Å². The fraction of sp³-hybridized carbons (Fsp3) is 0. The van der Waals surface area contributed by atoms with Gasteiger partial charge in [0.15, 0.2) is 11.6 Å². The summed E-state index contributed by atoms with van der Waals surface area (Å²) in [7, 11) is 0. The Morgan fingerprint density at radius 3 is 2.00 bits per heavy atom. The van der Waals surface area contributed by atoms with Crippen molar-refractivity contribution in [2.75, 3.05) is 0 Å². The molecule has 0 bridgehead atoms. The van der Waals surface area contributed by atoms with Gasteiger partial charge in [-0.1, -0.05) is 127 Å². The zero-order valence-electron chi connectivity index (χ0n) is 26.2. The Morgan fingerprint density at radius 1 is 0.449 bits per heavy atom. The molecule has 11 aromatic rings. The van der Waals surface area contributed by atoms with Gasteiger partial charge in [-0.3, -0.25) is 4.57 Å². The fourth-order valence-corrected chi connectivity index (χ4v) is 9.05. The van der Waals surface area contributed by atoms with Crippen molar-refractivity contribution in [1.29, 1.82) is 0 Å². The first-order valence-corrected chi connectivity index (χ1v) is 17.3. The molecule has 0 aliphatic rings. The van der Waals surface area contributed by atoms with Crippen molar-refractivity contribution in [2.45, 2.75) is 0 Å². The Bertz CT molecular complexity index is 3100. The normalized spacial score (nSPS) is 12.1. The standard InChI is InChI=1S/C44H26N4S/c1-3-14-28(15-4-1)43-45-39-38-30-18-8-7-13-27(30)23-26-36(38)47(29-16-5-2-6-17-29)41(39)44(46-43)48-35-21-11-9-19-31(35)33-24-25-34-32-20-10-12-22-37(32)49-42(34)40(33)48/h1-26H. The molecule has 49 heavy (non-hydrogen) atoms. The molecule has 4 nitrogen and oxygen atoms in total. The van der Waals surface area contributed by atoms with E-state index in [0.29, 0.717) is 5.82 Å².